The topological polar surface area (TPSA) is 51.2 Å². The van der Waals surface area contributed by atoms with Gasteiger partial charge in [0.1, 0.15) is 11.6 Å². The second kappa shape index (κ2) is 7.83. The summed E-state index contributed by atoms with van der Waals surface area (Å²) in [5.74, 6) is -0.125. The molecular formula is C5H8MoO3. The van der Waals surface area contributed by atoms with Gasteiger partial charge in [-0.05, 0) is 13.8 Å². The quantitative estimate of drug-likeness (QED) is 0.492. The third-order valence-corrected chi connectivity index (χ3v) is 0.498. The van der Waals surface area contributed by atoms with E-state index in [1.54, 1.807) is 0 Å². The number of rotatable bonds is 2. The van der Waals surface area contributed by atoms with E-state index in [0.29, 0.717) is 19.8 Å². The first-order valence-corrected chi connectivity index (χ1v) is 3.10. The summed E-state index contributed by atoms with van der Waals surface area (Å²) < 4.78 is 8.26. The average Bonchev–Trinajstić information content (AvgIpc) is 1.68. The van der Waals surface area contributed by atoms with E-state index in [4.69, 9.17) is 3.40 Å². The second-order valence-electron chi connectivity index (χ2n) is 1.58. The summed E-state index contributed by atoms with van der Waals surface area (Å²) in [4.78, 5) is 20.1. The number of hydrogen-bond donors (Lipinski definition) is 0. The Labute approximate surface area is 65.0 Å². The molecule has 0 aliphatic carbocycles. The third kappa shape index (κ3) is 18.1. The molecule has 0 saturated heterocycles. The van der Waals surface area contributed by atoms with Gasteiger partial charge >= 0.3 is 23.2 Å². The summed E-state index contributed by atoms with van der Waals surface area (Å²) in [6.07, 6.45) is 0.0833. The molecule has 52 valence electrons. The molecule has 0 amide bonds. The van der Waals surface area contributed by atoms with Gasteiger partial charge in [-0.25, -0.2) is 0 Å². The minimum absolute atomic E-state index is 0.0625. The molecule has 0 unspecified atom stereocenters. The van der Waals surface area contributed by atoms with Gasteiger partial charge < -0.3 is 0 Å². The molecule has 0 saturated carbocycles. The van der Waals surface area contributed by atoms with Crippen molar-refractivity contribution >= 4 is 11.6 Å². The van der Waals surface area contributed by atoms with Crippen molar-refractivity contribution in [3.63, 3.8) is 0 Å². The van der Waals surface area contributed by atoms with Gasteiger partial charge in [0.15, 0.2) is 0 Å². The first-order chi connectivity index (χ1) is 4.13. The molecule has 4 heteroatoms. The molecular weight excluding hydrogens is 204 g/mol. The molecule has 0 atom stereocenters. The van der Waals surface area contributed by atoms with Crippen molar-refractivity contribution in [1.82, 2.24) is 0 Å². The fourth-order valence-corrected chi connectivity index (χ4v) is 0.351. The number of carbonyl (C=O) groups is 2. The number of ketones is 2. The van der Waals surface area contributed by atoms with Gasteiger partial charge in [-0.15, -0.1) is 0 Å². The molecule has 0 aromatic carbocycles. The van der Waals surface area contributed by atoms with E-state index >= 15 is 0 Å². The molecule has 0 aliphatic heterocycles. The molecule has 0 bridgehead atoms. The molecule has 9 heavy (non-hydrogen) atoms. The Kier molecular flexibility index (Phi) is 10.1. The fraction of sp³-hybridized carbons (Fsp3) is 0.600. The van der Waals surface area contributed by atoms with Gasteiger partial charge in [-0.3, -0.25) is 9.59 Å². The van der Waals surface area contributed by atoms with Crippen LogP contribution in [0, 0.1) is 0 Å². The van der Waals surface area contributed by atoms with Crippen LogP contribution in [-0.4, -0.2) is 11.6 Å². The van der Waals surface area contributed by atoms with E-state index < -0.39 is 0 Å². The summed E-state index contributed by atoms with van der Waals surface area (Å²) >= 11 is 0.700. The van der Waals surface area contributed by atoms with Gasteiger partial charge in [0.2, 0.25) is 0 Å². The van der Waals surface area contributed by atoms with Crippen LogP contribution in [0.25, 0.3) is 0 Å². The van der Waals surface area contributed by atoms with E-state index in [9.17, 15) is 9.59 Å². The Morgan fingerprint density at radius 3 is 1.33 bits per heavy atom. The van der Waals surface area contributed by atoms with Crippen LogP contribution in [-0.2, 0) is 32.8 Å². The van der Waals surface area contributed by atoms with Crippen molar-refractivity contribution in [2.45, 2.75) is 20.3 Å². The summed E-state index contributed by atoms with van der Waals surface area (Å²) in [7, 11) is 0. The van der Waals surface area contributed by atoms with Crippen molar-refractivity contribution in [3.05, 3.63) is 0 Å². The monoisotopic (exact) mass is 214 g/mol. The number of hydrogen-bond acceptors (Lipinski definition) is 3. The maximum atomic E-state index is 10.0. The van der Waals surface area contributed by atoms with Crippen LogP contribution in [0.15, 0.2) is 0 Å². The van der Waals surface area contributed by atoms with Gasteiger partial charge in [-0.2, -0.15) is 0 Å². The molecule has 0 aromatic heterocycles. The second-order valence-corrected chi connectivity index (χ2v) is 1.58. The fourth-order valence-electron chi connectivity index (χ4n) is 0.351. The maximum absolute atomic E-state index is 10.0. The number of Topliss-reactive ketones (excluding diaryl/α,β-unsaturated/α-hetero) is 2. The summed E-state index contributed by atoms with van der Waals surface area (Å²) in [6.45, 7) is 2.81. The zero-order chi connectivity index (χ0) is 7.86. The van der Waals surface area contributed by atoms with Gasteiger partial charge in [-0.1, -0.05) is 0 Å². The summed E-state index contributed by atoms with van der Waals surface area (Å²) in [5, 5.41) is 0. The predicted molar refractivity (Wildman–Crippen MR) is 26.7 cm³/mol. The Morgan fingerprint density at radius 1 is 1.11 bits per heavy atom. The minimum atomic E-state index is -0.0625. The molecule has 0 fully saturated rings. The van der Waals surface area contributed by atoms with Crippen LogP contribution in [0.3, 0.4) is 0 Å². The van der Waals surface area contributed by atoms with E-state index in [0.717, 1.165) is 0 Å². The van der Waals surface area contributed by atoms with Crippen LogP contribution in [0.1, 0.15) is 20.3 Å². The molecule has 0 radical (unpaired) electrons. The van der Waals surface area contributed by atoms with Crippen LogP contribution < -0.4 is 0 Å². The van der Waals surface area contributed by atoms with Crippen molar-refractivity contribution in [2.75, 3.05) is 0 Å². The van der Waals surface area contributed by atoms with E-state index in [1.165, 1.54) is 13.8 Å². The molecule has 0 spiro atoms. The van der Waals surface area contributed by atoms with Gasteiger partial charge in [0, 0.05) is 0 Å². The standard InChI is InChI=1S/C5H8O2.Mo.O/c1-4(6)3-5(2)7;;/h3H2,1-2H3;;. The SMILES string of the molecule is CC(=O)CC(C)=O.[O]=[Mo]. The first kappa shape index (κ1) is 11.6. The molecule has 0 N–H and O–H groups in total. The Hall–Kier alpha value is -0.172. The number of carbonyl (C=O) groups excluding carboxylic acids is 2. The summed E-state index contributed by atoms with van der Waals surface area (Å²) in [5.41, 5.74) is 0. The van der Waals surface area contributed by atoms with Crippen molar-refractivity contribution < 1.29 is 32.8 Å². The van der Waals surface area contributed by atoms with Crippen molar-refractivity contribution in [1.29, 1.82) is 0 Å². The van der Waals surface area contributed by atoms with Gasteiger partial charge in [0.05, 0.1) is 6.42 Å². The van der Waals surface area contributed by atoms with E-state index in [-0.39, 0.29) is 18.0 Å². The third-order valence-electron chi connectivity index (χ3n) is 0.498. The van der Waals surface area contributed by atoms with Crippen LogP contribution >= 0.6 is 0 Å². The molecule has 0 rings (SSSR count). The zero-order valence-electron chi connectivity index (χ0n) is 5.34. The Bertz CT molecular complexity index is 98.8. The van der Waals surface area contributed by atoms with E-state index in [1.807, 2.05) is 0 Å². The molecule has 0 heterocycles. The molecule has 3 nitrogen and oxygen atoms in total. The molecule has 0 aromatic rings. The van der Waals surface area contributed by atoms with Crippen LogP contribution in [0.5, 0.6) is 0 Å². The van der Waals surface area contributed by atoms with Gasteiger partial charge in [0.25, 0.3) is 0 Å². The average molecular weight is 212 g/mol. The Balaban J connectivity index is 0. The Morgan fingerprint density at radius 2 is 1.33 bits per heavy atom. The first-order valence-electron chi connectivity index (χ1n) is 2.28. The predicted octanol–water partition coefficient (Wildman–Crippen LogP) is 0.433. The van der Waals surface area contributed by atoms with Crippen LogP contribution in [0.2, 0.25) is 0 Å². The van der Waals surface area contributed by atoms with E-state index in [2.05, 4.69) is 0 Å². The summed E-state index contributed by atoms with van der Waals surface area (Å²) in [6, 6.07) is 0. The normalized spacial score (nSPS) is 6.89. The van der Waals surface area contributed by atoms with Crippen molar-refractivity contribution in [3.8, 4) is 0 Å². The van der Waals surface area contributed by atoms with Crippen LogP contribution in [0.4, 0.5) is 0 Å². The molecule has 0 aliphatic rings. The van der Waals surface area contributed by atoms with Crippen molar-refractivity contribution in [2.24, 2.45) is 0 Å². The zero-order valence-corrected chi connectivity index (χ0v) is 7.35.